The van der Waals surface area contributed by atoms with Crippen molar-refractivity contribution >= 4 is 21.8 Å². The highest BCUT2D eigenvalue weighted by molar-refractivity contribution is 5.90. The molecule has 2 unspecified atom stereocenters. The highest BCUT2D eigenvalue weighted by atomic mass is 16.3. The van der Waals surface area contributed by atoms with Gasteiger partial charge in [0.2, 0.25) is 0 Å². The second-order valence-electron chi connectivity index (χ2n) is 10.7. The molecule has 0 bridgehead atoms. The molecule has 5 heteroatoms. The average molecular weight is 531 g/mol. The minimum atomic E-state index is 0.109. The number of fused-ring (bicyclic) bond motifs is 2. The lowest BCUT2D eigenvalue weighted by molar-refractivity contribution is 0.343. The molecule has 0 saturated heterocycles. The summed E-state index contributed by atoms with van der Waals surface area (Å²) in [7, 11) is 8.38. The molecule has 0 saturated carbocycles. The maximum atomic E-state index is 10.2. The van der Waals surface area contributed by atoms with Crippen molar-refractivity contribution in [1.29, 1.82) is 0 Å². The molecule has 2 atom stereocenters. The molecule has 0 radical (unpaired) electrons. The van der Waals surface area contributed by atoms with Crippen molar-refractivity contribution in [3.05, 3.63) is 137 Å². The third-order valence-electron chi connectivity index (χ3n) is 7.49. The number of hydrogen-bond acceptors (Lipinski definition) is 3. The minimum Gasteiger partial charge on any atom is -0.507 e. The number of nitrogens with zero attached hydrogens (tertiary/aromatic N) is 2. The number of phenols is 1. The average Bonchev–Trinajstić information content (AvgIpc) is 3.52. The Hall–Kier alpha value is -4.32. The second kappa shape index (κ2) is 11.8. The molecule has 0 aliphatic heterocycles. The minimum absolute atomic E-state index is 0.109. The van der Waals surface area contributed by atoms with E-state index in [9.17, 15) is 5.11 Å². The molecule has 0 spiro atoms. The summed E-state index contributed by atoms with van der Waals surface area (Å²) in [5, 5.41) is 12.4. The maximum Gasteiger partial charge on any atom is 0.125 e. The van der Waals surface area contributed by atoms with Gasteiger partial charge < -0.3 is 15.1 Å². The molecule has 4 aromatic carbocycles. The van der Waals surface area contributed by atoms with Gasteiger partial charge in [-0.15, -0.1) is 0 Å². The van der Waals surface area contributed by atoms with Gasteiger partial charge in [-0.25, -0.2) is 0 Å². The van der Waals surface area contributed by atoms with Crippen LogP contribution in [0, 0.1) is 6.92 Å². The maximum absolute atomic E-state index is 10.2. The van der Waals surface area contributed by atoms with Crippen LogP contribution in [0.1, 0.15) is 40.0 Å². The van der Waals surface area contributed by atoms with Crippen molar-refractivity contribution in [2.24, 2.45) is 0 Å². The van der Waals surface area contributed by atoms with Crippen LogP contribution in [-0.2, 0) is 0 Å². The van der Waals surface area contributed by atoms with Crippen LogP contribution in [0.5, 0.6) is 5.75 Å². The van der Waals surface area contributed by atoms with Gasteiger partial charge >= 0.3 is 0 Å². The first-order valence-corrected chi connectivity index (χ1v) is 13.7. The largest absolute Gasteiger partial charge is 0.507 e. The fraction of sp³-hybridized carbons (Fsp3) is 0.200. The Kier molecular flexibility index (Phi) is 8.06. The molecule has 0 aliphatic rings. The lowest BCUT2D eigenvalue weighted by atomic mass is 9.95. The van der Waals surface area contributed by atoms with Crippen molar-refractivity contribution in [3.8, 4) is 5.75 Å². The van der Waals surface area contributed by atoms with Crippen LogP contribution in [-0.4, -0.2) is 53.1 Å². The summed E-state index contributed by atoms with van der Waals surface area (Å²) in [6.45, 7) is 2.16. The van der Waals surface area contributed by atoms with E-state index >= 15 is 0 Å². The lowest BCUT2D eigenvalue weighted by Gasteiger charge is -2.25. The Balaban J connectivity index is 0.000000161. The molecule has 0 amide bonds. The molecule has 3 N–H and O–H groups in total. The predicted octanol–water partition coefficient (Wildman–Crippen LogP) is 7.65. The Morgan fingerprint density at radius 1 is 0.625 bits per heavy atom. The number of aryl methyl sites for hydroxylation is 1. The fourth-order valence-corrected chi connectivity index (χ4v) is 5.81. The summed E-state index contributed by atoms with van der Waals surface area (Å²) in [5.41, 5.74) is 8.41. The van der Waals surface area contributed by atoms with E-state index in [1.165, 1.54) is 33.3 Å². The van der Waals surface area contributed by atoms with E-state index in [-0.39, 0.29) is 12.1 Å². The molecule has 5 nitrogen and oxygen atoms in total. The number of aromatic hydroxyl groups is 1. The van der Waals surface area contributed by atoms with Crippen molar-refractivity contribution < 1.29 is 5.11 Å². The number of H-pyrrole nitrogens is 2. The molecule has 0 fully saturated rings. The fourth-order valence-electron chi connectivity index (χ4n) is 5.81. The number of phenolic OH excluding ortho intramolecular Hbond substituents is 1. The van der Waals surface area contributed by atoms with Crippen molar-refractivity contribution in [2.75, 3.05) is 28.2 Å². The number of nitrogens with one attached hydrogen (secondary N) is 2. The monoisotopic (exact) mass is 530 g/mol. The molecular formula is C35H38N4O. The molecule has 40 heavy (non-hydrogen) atoms. The first-order chi connectivity index (χ1) is 19.4. The highest BCUT2D eigenvalue weighted by Crippen LogP contribution is 2.37. The summed E-state index contributed by atoms with van der Waals surface area (Å²) in [4.78, 5) is 11.2. The first-order valence-electron chi connectivity index (χ1n) is 13.7. The smallest absolute Gasteiger partial charge is 0.125 e. The van der Waals surface area contributed by atoms with E-state index in [4.69, 9.17) is 0 Å². The first kappa shape index (κ1) is 27.3. The Bertz CT molecular complexity index is 1680. The normalized spacial score (nSPS) is 13.0. The van der Waals surface area contributed by atoms with Crippen LogP contribution >= 0.6 is 0 Å². The SMILES string of the molecule is CN(C)C(c1ccccc1)c1c[nH]c2cccc(O)c12.Cc1[nH]c2ccccc2c1C(c1ccccc1)N(C)C. The number of para-hydroxylation sites is 1. The molecule has 0 aliphatic carbocycles. The topological polar surface area (TPSA) is 58.3 Å². The van der Waals surface area contributed by atoms with Crippen molar-refractivity contribution in [1.82, 2.24) is 19.8 Å². The van der Waals surface area contributed by atoms with E-state index in [1.807, 2.05) is 36.5 Å². The summed E-state index contributed by atoms with van der Waals surface area (Å²) >= 11 is 0. The Labute approximate surface area is 236 Å². The zero-order chi connectivity index (χ0) is 28.2. The van der Waals surface area contributed by atoms with Crippen molar-refractivity contribution in [3.63, 3.8) is 0 Å². The van der Waals surface area contributed by atoms with Gasteiger partial charge in [0.25, 0.3) is 0 Å². The standard InChI is InChI=1S/C18H20N2.C17H18N2O/c1-13-17(15-11-7-8-12-16(15)19-13)18(20(2)3)14-9-5-4-6-10-14;1-19(2)17(12-7-4-3-5-8-12)13-11-18-14-9-6-10-15(20)16(13)14/h4-12,18-19H,1-3H3;3-11,17-18,20H,1-2H3. The van der Waals surface area contributed by atoms with Gasteiger partial charge in [0.1, 0.15) is 5.75 Å². The summed E-state index contributed by atoms with van der Waals surface area (Å²) in [6, 6.07) is 35.5. The zero-order valence-corrected chi connectivity index (χ0v) is 23.9. The number of benzene rings is 4. The van der Waals surface area contributed by atoms with Gasteiger partial charge in [-0.1, -0.05) is 84.9 Å². The van der Waals surface area contributed by atoms with Crippen LogP contribution in [0.25, 0.3) is 21.8 Å². The molecule has 2 heterocycles. The van der Waals surface area contributed by atoms with Crippen LogP contribution in [0.2, 0.25) is 0 Å². The molecule has 6 rings (SSSR count). The second-order valence-corrected chi connectivity index (χ2v) is 10.7. The van der Waals surface area contributed by atoms with Gasteiger partial charge in [-0.05, 0) is 64.4 Å². The summed E-state index contributed by atoms with van der Waals surface area (Å²) in [6.07, 6.45) is 1.99. The number of hydrogen-bond donors (Lipinski definition) is 3. The molecule has 6 aromatic rings. The van der Waals surface area contributed by atoms with Gasteiger partial charge in [0.15, 0.2) is 0 Å². The van der Waals surface area contributed by atoms with E-state index in [0.29, 0.717) is 5.75 Å². The van der Waals surface area contributed by atoms with Crippen LogP contribution in [0.15, 0.2) is 109 Å². The third-order valence-corrected chi connectivity index (χ3v) is 7.49. The molecular weight excluding hydrogens is 492 g/mol. The number of rotatable bonds is 6. The van der Waals surface area contributed by atoms with Crippen molar-refractivity contribution in [2.45, 2.75) is 19.0 Å². The molecule has 204 valence electrons. The number of aromatic amines is 2. The van der Waals surface area contributed by atoms with Gasteiger partial charge in [0.05, 0.1) is 12.1 Å². The Morgan fingerprint density at radius 3 is 1.80 bits per heavy atom. The van der Waals surface area contributed by atoms with Crippen LogP contribution in [0.4, 0.5) is 0 Å². The zero-order valence-electron chi connectivity index (χ0n) is 23.9. The van der Waals surface area contributed by atoms with Gasteiger partial charge in [-0.3, -0.25) is 9.80 Å². The van der Waals surface area contributed by atoms with E-state index < -0.39 is 0 Å². The molecule has 2 aromatic heterocycles. The summed E-state index contributed by atoms with van der Waals surface area (Å²) < 4.78 is 0. The van der Waals surface area contributed by atoms with E-state index in [0.717, 1.165) is 16.5 Å². The third kappa shape index (κ3) is 5.39. The van der Waals surface area contributed by atoms with Crippen LogP contribution in [0.3, 0.4) is 0 Å². The Morgan fingerprint density at radius 2 is 1.18 bits per heavy atom. The van der Waals surface area contributed by atoms with E-state index in [1.54, 1.807) is 6.07 Å². The van der Waals surface area contributed by atoms with Gasteiger partial charge in [0, 0.05) is 44.8 Å². The highest BCUT2D eigenvalue weighted by Gasteiger charge is 2.23. The number of aromatic nitrogens is 2. The lowest BCUT2D eigenvalue weighted by Crippen LogP contribution is -2.21. The predicted molar refractivity (Wildman–Crippen MR) is 167 cm³/mol. The van der Waals surface area contributed by atoms with E-state index in [2.05, 4.69) is 122 Å². The summed E-state index contributed by atoms with van der Waals surface area (Å²) in [5.74, 6) is 0.321. The van der Waals surface area contributed by atoms with Gasteiger partial charge in [-0.2, -0.15) is 0 Å². The van der Waals surface area contributed by atoms with Crippen LogP contribution < -0.4 is 0 Å². The quantitative estimate of drug-likeness (QED) is 0.207.